The molecule has 1 aromatic carbocycles. The van der Waals surface area contributed by atoms with Crippen LogP contribution in [0.5, 0.6) is 0 Å². The molecule has 2 rings (SSSR count). The number of benzene rings is 1. The number of H-pyrrole nitrogens is 1. The molecule has 0 atom stereocenters. The lowest BCUT2D eigenvalue weighted by molar-refractivity contribution is 0.102. The Bertz CT molecular complexity index is 624. The molecule has 7 heteroatoms. The lowest BCUT2D eigenvalue weighted by atomic mass is 10.2. The molecule has 1 heterocycles. The molecule has 0 saturated heterocycles. The van der Waals surface area contributed by atoms with E-state index in [0.717, 1.165) is 5.69 Å². The average Bonchev–Trinajstić information content (AvgIpc) is 2.76. The van der Waals surface area contributed by atoms with Gasteiger partial charge in [0, 0.05) is 0 Å². The monoisotopic (exact) mass is 298 g/mol. The van der Waals surface area contributed by atoms with Crippen molar-refractivity contribution in [2.75, 3.05) is 11.1 Å². The van der Waals surface area contributed by atoms with Crippen LogP contribution in [0.2, 0.25) is 10.0 Å². The molecule has 1 amide bonds. The van der Waals surface area contributed by atoms with Crippen LogP contribution >= 0.6 is 23.2 Å². The van der Waals surface area contributed by atoms with Crippen molar-refractivity contribution >= 4 is 40.5 Å². The number of hydrogen-bond donors (Lipinski definition) is 3. The van der Waals surface area contributed by atoms with E-state index in [1.54, 1.807) is 18.2 Å². The van der Waals surface area contributed by atoms with Gasteiger partial charge in [-0.05, 0) is 18.6 Å². The maximum Gasteiger partial charge on any atom is 0.278 e. The zero-order chi connectivity index (χ0) is 14.0. The number of carbonyl (C=O) groups excluding carboxylic acids is 1. The number of nitrogens with one attached hydrogen (secondary N) is 2. The first-order valence-electron chi connectivity index (χ1n) is 5.62. The highest BCUT2D eigenvalue weighted by atomic mass is 35.5. The van der Waals surface area contributed by atoms with E-state index in [0.29, 0.717) is 22.8 Å². The van der Waals surface area contributed by atoms with Gasteiger partial charge in [-0.1, -0.05) is 36.2 Å². The van der Waals surface area contributed by atoms with E-state index in [1.165, 1.54) is 0 Å². The number of anilines is 2. The highest BCUT2D eigenvalue weighted by molar-refractivity contribution is 6.44. The van der Waals surface area contributed by atoms with Crippen LogP contribution in [0.25, 0.3) is 0 Å². The second-order valence-corrected chi connectivity index (χ2v) is 4.66. The number of nitrogens with zero attached hydrogens (tertiary/aromatic N) is 1. The van der Waals surface area contributed by atoms with E-state index in [-0.39, 0.29) is 10.7 Å². The summed E-state index contributed by atoms with van der Waals surface area (Å²) in [5.41, 5.74) is 7.46. The molecule has 5 nitrogen and oxygen atoms in total. The van der Waals surface area contributed by atoms with E-state index < -0.39 is 5.91 Å². The molecule has 0 aliphatic rings. The highest BCUT2D eigenvalue weighted by Crippen LogP contribution is 2.30. The van der Waals surface area contributed by atoms with Crippen LogP contribution < -0.4 is 11.1 Å². The largest absolute Gasteiger partial charge is 0.395 e. The average molecular weight is 299 g/mol. The van der Waals surface area contributed by atoms with Crippen molar-refractivity contribution in [2.24, 2.45) is 0 Å². The number of aromatic nitrogens is 2. The molecular formula is C12H12Cl2N4O. The van der Waals surface area contributed by atoms with E-state index in [9.17, 15) is 4.79 Å². The van der Waals surface area contributed by atoms with Gasteiger partial charge in [0.05, 0.1) is 27.1 Å². The summed E-state index contributed by atoms with van der Waals surface area (Å²) in [6.45, 7) is 1.92. The van der Waals surface area contributed by atoms with Crippen molar-refractivity contribution in [2.45, 2.75) is 13.3 Å². The molecular weight excluding hydrogens is 287 g/mol. The van der Waals surface area contributed by atoms with Gasteiger partial charge in [-0.25, -0.2) is 0 Å². The maximum absolute atomic E-state index is 12.1. The van der Waals surface area contributed by atoms with Gasteiger partial charge in [-0.2, -0.15) is 5.10 Å². The summed E-state index contributed by atoms with van der Waals surface area (Å²) in [6.07, 6.45) is 0.671. The Labute approximate surface area is 120 Å². The number of aromatic amines is 1. The van der Waals surface area contributed by atoms with Crippen molar-refractivity contribution in [3.8, 4) is 0 Å². The number of hydrogen-bond acceptors (Lipinski definition) is 3. The first-order valence-corrected chi connectivity index (χ1v) is 6.38. The van der Waals surface area contributed by atoms with Crippen LogP contribution in [-0.2, 0) is 6.42 Å². The number of halogens is 2. The summed E-state index contributed by atoms with van der Waals surface area (Å²) in [6, 6.07) is 4.97. The molecule has 0 aliphatic heterocycles. The number of nitrogens with two attached hydrogens (primary N) is 1. The Balaban J connectivity index is 2.26. The number of nitrogen functional groups attached to an aromatic ring is 1. The molecule has 0 unspecified atom stereocenters. The van der Waals surface area contributed by atoms with Gasteiger partial charge in [0.2, 0.25) is 0 Å². The van der Waals surface area contributed by atoms with Crippen LogP contribution in [0, 0.1) is 0 Å². The normalized spacial score (nSPS) is 10.5. The molecule has 100 valence electrons. The Morgan fingerprint density at radius 2 is 2.21 bits per heavy atom. The Morgan fingerprint density at radius 1 is 1.47 bits per heavy atom. The van der Waals surface area contributed by atoms with Crippen molar-refractivity contribution in [3.05, 3.63) is 39.6 Å². The summed E-state index contributed by atoms with van der Waals surface area (Å²) in [7, 11) is 0. The second-order valence-electron chi connectivity index (χ2n) is 3.87. The molecule has 0 fully saturated rings. The fraction of sp³-hybridized carbons (Fsp3) is 0.167. The first-order chi connectivity index (χ1) is 9.04. The topological polar surface area (TPSA) is 83.8 Å². The van der Waals surface area contributed by atoms with Gasteiger partial charge >= 0.3 is 0 Å². The zero-order valence-corrected chi connectivity index (χ0v) is 11.6. The fourth-order valence-electron chi connectivity index (χ4n) is 1.61. The summed E-state index contributed by atoms with van der Waals surface area (Å²) < 4.78 is 0. The predicted octanol–water partition coefficient (Wildman–Crippen LogP) is 3.11. The van der Waals surface area contributed by atoms with Gasteiger partial charge in [0.1, 0.15) is 0 Å². The smallest absolute Gasteiger partial charge is 0.278 e. The minimum absolute atomic E-state index is 0.146. The minimum Gasteiger partial charge on any atom is -0.395 e. The molecule has 0 bridgehead atoms. The van der Waals surface area contributed by atoms with E-state index in [1.807, 2.05) is 6.92 Å². The Morgan fingerprint density at radius 3 is 2.84 bits per heavy atom. The van der Waals surface area contributed by atoms with Crippen molar-refractivity contribution < 1.29 is 4.79 Å². The Kier molecular flexibility index (Phi) is 3.97. The Hall–Kier alpha value is -1.72. The van der Waals surface area contributed by atoms with Gasteiger partial charge < -0.3 is 11.1 Å². The molecule has 0 spiro atoms. The first kappa shape index (κ1) is 13.7. The predicted molar refractivity (Wildman–Crippen MR) is 76.8 cm³/mol. The van der Waals surface area contributed by atoms with Crippen LogP contribution in [0.1, 0.15) is 23.1 Å². The lowest BCUT2D eigenvalue weighted by Crippen LogP contribution is -2.14. The minimum atomic E-state index is -0.433. The van der Waals surface area contributed by atoms with Crippen LogP contribution in [0.4, 0.5) is 11.4 Å². The SMILES string of the molecule is CCc1[nH]nc(C(=O)Nc2cccc(Cl)c2Cl)c1N. The second kappa shape index (κ2) is 5.50. The molecule has 0 aliphatic carbocycles. The van der Waals surface area contributed by atoms with Gasteiger partial charge in [-0.15, -0.1) is 0 Å². The molecule has 1 aromatic heterocycles. The quantitative estimate of drug-likeness (QED) is 0.814. The summed E-state index contributed by atoms with van der Waals surface area (Å²) in [4.78, 5) is 12.1. The maximum atomic E-state index is 12.1. The molecule has 2 aromatic rings. The zero-order valence-electron chi connectivity index (χ0n) is 10.1. The van der Waals surface area contributed by atoms with E-state index >= 15 is 0 Å². The van der Waals surface area contributed by atoms with Crippen LogP contribution in [-0.4, -0.2) is 16.1 Å². The van der Waals surface area contributed by atoms with Gasteiger partial charge in [0.25, 0.3) is 5.91 Å². The molecule has 4 N–H and O–H groups in total. The third kappa shape index (κ3) is 2.67. The summed E-state index contributed by atoms with van der Waals surface area (Å²) >= 11 is 11.9. The fourth-order valence-corrected chi connectivity index (χ4v) is 1.96. The van der Waals surface area contributed by atoms with Crippen LogP contribution in [0.3, 0.4) is 0 Å². The molecule has 0 radical (unpaired) electrons. The lowest BCUT2D eigenvalue weighted by Gasteiger charge is -2.07. The molecule has 0 saturated carbocycles. The highest BCUT2D eigenvalue weighted by Gasteiger charge is 2.17. The van der Waals surface area contributed by atoms with Crippen molar-refractivity contribution in [1.82, 2.24) is 10.2 Å². The van der Waals surface area contributed by atoms with Gasteiger partial charge in [0.15, 0.2) is 5.69 Å². The number of aryl methyl sites for hydroxylation is 1. The van der Waals surface area contributed by atoms with Gasteiger partial charge in [-0.3, -0.25) is 9.89 Å². The summed E-state index contributed by atoms with van der Waals surface area (Å²) in [5, 5.41) is 9.89. The third-order valence-corrected chi connectivity index (χ3v) is 3.47. The standard InChI is InChI=1S/C12H12Cl2N4O/c1-2-7-10(15)11(18-17-7)12(19)16-8-5-3-4-6(13)9(8)14/h3-5H,2,15H2,1H3,(H,16,19)(H,17,18). The number of carbonyl (C=O) groups is 1. The van der Waals surface area contributed by atoms with E-state index in [4.69, 9.17) is 28.9 Å². The molecule has 19 heavy (non-hydrogen) atoms. The van der Waals surface area contributed by atoms with Crippen molar-refractivity contribution in [1.29, 1.82) is 0 Å². The van der Waals surface area contributed by atoms with Crippen LogP contribution in [0.15, 0.2) is 18.2 Å². The van der Waals surface area contributed by atoms with Crippen molar-refractivity contribution in [3.63, 3.8) is 0 Å². The number of rotatable bonds is 3. The third-order valence-electron chi connectivity index (χ3n) is 2.65. The number of amides is 1. The van der Waals surface area contributed by atoms with E-state index in [2.05, 4.69) is 15.5 Å². The summed E-state index contributed by atoms with van der Waals surface area (Å²) in [5.74, 6) is -0.433.